The Morgan fingerprint density at radius 2 is 1.75 bits per heavy atom. The zero-order chi connectivity index (χ0) is 18.2. The van der Waals surface area contributed by atoms with Gasteiger partial charge in [-0.2, -0.15) is 0 Å². The van der Waals surface area contributed by atoms with E-state index in [2.05, 4.69) is 12.2 Å². The second kappa shape index (κ2) is 14.7. The molecule has 0 fully saturated rings. The van der Waals surface area contributed by atoms with Gasteiger partial charge in [0.15, 0.2) is 0 Å². The number of unbranched alkanes of at least 4 members (excludes halogenated alkanes) is 1. The van der Waals surface area contributed by atoms with Crippen LogP contribution in [0.5, 0.6) is 5.75 Å². The Kier molecular flexibility index (Phi) is 13.6. The van der Waals surface area contributed by atoms with E-state index in [9.17, 15) is 0 Å². The van der Waals surface area contributed by atoms with Gasteiger partial charge in [0.05, 0.1) is 18.2 Å². The number of ether oxygens (including phenoxy) is 2. The highest BCUT2D eigenvalue weighted by molar-refractivity contribution is 6.32. The van der Waals surface area contributed by atoms with Crippen molar-refractivity contribution in [2.24, 2.45) is 0 Å². The molecule has 0 atom stereocenters. The lowest BCUT2D eigenvalue weighted by atomic mass is 10.3. The first-order valence-corrected chi connectivity index (χ1v) is 7.98. The highest BCUT2D eigenvalue weighted by atomic mass is 35.5. The van der Waals surface area contributed by atoms with Crippen LogP contribution in [-0.2, 0) is 14.3 Å². The van der Waals surface area contributed by atoms with Crippen LogP contribution >= 0.6 is 11.6 Å². The lowest BCUT2D eigenvalue weighted by molar-refractivity contribution is -0.159. The van der Waals surface area contributed by atoms with Crippen LogP contribution in [0.1, 0.15) is 19.8 Å². The second-order valence-corrected chi connectivity index (χ2v) is 5.01. The third-order valence-electron chi connectivity index (χ3n) is 2.64. The number of benzene rings is 1. The van der Waals surface area contributed by atoms with Crippen LogP contribution in [-0.4, -0.2) is 55.1 Å². The van der Waals surface area contributed by atoms with Crippen molar-refractivity contribution in [3.63, 3.8) is 0 Å². The largest absolute Gasteiger partial charge is 0.490 e. The van der Waals surface area contributed by atoms with E-state index in [0.29, 0.717) is 24.0 Å². The molecule has 0 aliphatic carbocycles. The summed E-state index contributed by atoms with van der Waals surface area (Å²) >= 11 is 5.96. The van der Waals surface area contributed by atoms with Crippen LogP contribution in [0.25, 0.3) is 0 Å². The summed E-state index contributed by atoms with van der Waals surface area (Å²) in [6.45, 7) is 5.97. The van der Waals surface area contributed by atoms with Gasteiger partial charge in [0.1, 0.15) is 12.4 Å². The number of carboxylic acids is 2. The van der Waals surface area contributed by atoms with Gasteiger partial charge in [-0.25, -0.2) is 9.59 Å². The topological polar surface area (TPSA) is 105 Å². The molecule has 0 saturated heterocycles. The molecule has 0 unspecified atom stereocenters. The molecule has 1 aromatic carbocycles. The van der Waals surface area contributed by atoms with Gasteiger partial charge < -0.3 is 25.0 Å². The first kappa shape index (κ1) is 22.2. The maximum absolute atomic E-state index is 9.10. The Labute approximate surface area is 146 Å². The maximum Gasteiger partial charge on any atom is 0.414 e. The highest BCUT2D eigenvalue weighted by Gasteiger charge is 2.04. The summed E-state index contributed by atoms with van der Waals surface area (Å²) in [5.41, 5.74) is 0. The second-order valence-electron chi connectivity index (χ2n) is 4.61. The van der Waals surface area contributed by atoms with Crippen LogP contribution in [0.4, 0.5) is 0 Å². The number of rotatable bonds is 10. The van der Waals surface area contributed by atoms with Crippen LogP contribution < -0.4 is 10.1 Å². The number of para-hydroxylation sites is 1. The van der Waals surface area contributed by atoms with Gasteiger partial charge in [0.2, 0.25) is 0 Å². The van der Waals surface area contributed by atoms with Gasteiger partial charge in [-0.05, 0) is 25.1 Å². The monoisotopic (exact) mass is 361 g/mol. The number of carboxylic acid groups (broad SMARTS) is 2. The fraction of sp³-hybridized carbons (Fsp3) is 0.500. The summed E-state index contributed by atoms with van der Waals surface area (Å²) in [5, 5.41) is 18.7. The van der Waals surface area contributed by atoms with E-state index >= 15 is 0 Å². The van der Waals surface area contributed by atoms with Crippen LogP contribution in [0, 0.1) is 0 Å². The average Bonchev–Trinajstić information content (AvgIpc) is 2.55. The Hall–Kier alpha value is -1.83. The standard InChI is InChI=1S/C14H22ClNO2.C2H2O4/c1-2-3-8-16-9-10-17-11-12-18-14-7-5-4-6-13(14)15;3-1(4)2(5)6/h4-7,16H,2-3,8-12H2,1H3;(H,3,4)(H,5,6). The van der Waals surface area contributed by atoms with Crippen molar-refractivity contribution in [3.05, 3.63) is 29.3 Å². The van der Waals surface area contributed by atoms with Crippen molar-refractivity contribution in [2.45, 2.75) is 19.8 Å². The van der Waals surface area contributed by atoms with E-state index in [1.54, 1.807) is 0 Å². The van der Waals surface area contributed by atoms with Gasteiger partial charge in [-0.15, -0.1) is 0 Å². The van der Waals surface area contributed by atoms with E-state index < -0.39 is 11.9 Å². The molecule has 0 radical (unpaired) electrons. The molecular formula is C16H24ClNO6. The molecule has 7 nitrogen and oxygen atoms in total. The normalized spacial score (nSPS) is 9.75. The van der Waals surface area contributed by atoms with Gasteiger partial charge in [0.25, 0.3) is 0 Å². The summed E-state index contributed by atoms with van der Waals surface area (Å²) in [4.78, 5) is 18.2. The molecule has 136 valence electrons. The molecule has 8 heteroatoms. The molecule has 1 aromatic rings. The molecule has 0 bridgehead atoms. The fourth-order valence-corrected chi connectivity index (χ4v) is 1.64. The highest BCUT2D eigenvalue weighted by Crippen LogP contribution is 2.22. The van der Waals surface area contributed by atoms with Crippen LogP contribution in [0.15, 0.2) is 24.3 Å². The Balaban J connectivity index is 0.000000754. The van der Waals surface area contributed by atoms with E-state index in [4.69, 9.17) is 40.9 Å². The SMILES string of the molecule is CCCCNCCOCCOc1ccccc1Cl.O=C(O)C(=O)O. The zero-order valence-electron chi connectivity index (χ0n) is 13.7. The molecule has 0 aromatic heterocycles. The third-order valence-corrected chi connectivity index (χ3v) is 2.95. The predicted molar refractivity (Wildman–Crippen MR) is 90.8 cm³/mol. The molecule has 24 heavy (non-hydrogen) atoms. The minimum absolute atomic E-state index is 0.526. The number of hydrogen-bond acceptors (Lipinski definition) is 5. The fourth-order valence-electron chi connectivity index (χ4n) is 1.45. The van der Waals surface area contributed by atoms with E-state index in [1.165, 1.54) is 12.8 Å². The Bertz CT molecular complexity index is 471. The van der Waals surface area contributed by atoms with Crippen molar-refractivity contribution in [1.82, 2.24) is 5.32 Å². The quantitative estimate of drug-likeness (QED) is 0.433. The third kappa shape index (κ3) is 12.7. The summed E-state index contributed by atoms with van der Waals surface area (Å²) in [5.74, 6) is -2.94. The summed E-state index contributed by atoms with van der Waals surface area (Å²) in [6.07, 6.45) is 2.44. The van der Waals surface area contributed by atoms with Crippen molar-refractivity contribution in [3.8, 4) is 5.75 Å². The Morgan fingerprint density at radius 3 is 2.33 bits per heavy atom. The summed E-state index contributed by atoms with van der Waals surface area (Å²) in [7, 11) is 0. The van der Waals surface area contributed by atoms with Crippen molar-refractivity contribution in [2.75, 3.05) is 32.9 Å². The molecular weight excluding hydrogens is 338 g/mol. The van der Waals surface area contributed by atoms with E-state index in [1.807, 2.05) is 24.3 Å². The minimum atomic E-state index is -1.82. The maximum atomic E-state index is 9.10. The molecule has 0 aliphatic heterocycles. The number of nitrogens with one attached hydrogen (secondary N) is 1. The van der Waals surface area contributed by atoms with Gasteiger partial charge in [0, 0.05) is 6.54 Å². The average molecular weight is 362 g/mol. The molecule has 1 rings (SSSR count). The molecule has 3 N–H and O–H groups in total. The molecule has 0 spiro atoms. The zero-order valence-corrected chi connectivity index (χ0v) is 14.4. The van der Waals surface area contributed by atoms with Crippen molar-refractivity contribution < 1.29 is 29.3 Å². The first-order chi connectivity index (χ1) is 11.5. The molecule has 0 aliphatic rings. The molecule has 0 heterocycles. The first-order valence-electron chi connectivity index (χ1n) is 7.61. The Morgan fingerprint density at radius 1 is 1.08 bits per heavy atom. The van der Waals surface area contributed by atoms with Crippen LogP contribution in [0.2, 0.25) is 5.02 Å². The van der Waals surface area contributed by atoms with Crippen molar-refractivity contribution in [1.29, 1.82) is 0 Å². The summed E-state index contributed by atoms with van der Waals surface area (Å²) in [6, 6.07) is 7.46. The number of halogens is 1. The van der Waals surface area contributed by atoms with Crippen LogP contribution in [0.3, 0.4) is 0 Å². The van der Waals surface area contributed by atoms with Gasteiger partial charge in [-0.1, -0.05) is 37.1 Å². The smallest absolute Gasteiger partial charge is 0.414 e. The minimum Gasteiger partial charge on any atom is -0.490 e. The number of aliphatic carboxylic acids is 2. The lowest BCUT2D eigenvalue weighted by Gasteiger charge is -2.08. The lowest BCUT2D eigenvalue weighted by Crippen LogP contribution is -2.21. The predicted octanol–water partition coefficient (Wildman–Crippen LogP) is 2.28. The number of carbonyl (C=O) groups is 2. The number of hydrogen-bond donors (Lipinski definition) is 3. The van der Waals surface area contributed by atoms with Gasteiger partial charge >= 0.3 is 11.9 Å². The van der Waals surface area contributed by atoms with E-state index in [-0.39, 0.29) is 0 Å². The van der Waals surface area contributed by atoms with E-state index in [0.717, 1.165) is 19.7 Å². The van der Waals surface area contributed by atoms with Crippen molar-refractivity contribution >= 4 is 23.5 Å². The molecule has 0 saturated carbocycles. The summed E-state index contributed by atoms with van der Waals surface area (Å²) < 4.78 is 10.9. The molecule has 0 amide bonds. The van der Waals surface area contributed by atoms with Gasteiger partial charge in [-0.3, -0.25) is 0 Å².